The van der Waals surface area contributed by atoms with Crippen molar-refractivity contribution >= 4 is 5.69 Å². The minimum Gasteiger partial charge on any atom is -0.507 e. The maximum absolute atomic E-state index is 9.94. The first-order valence-corrected chi connectivity index (χ1v) is 6.65. The van der Waals surface area contributed by atoms with Crippen LogP contribution in [0.5, 0.6) is 5.75 Å². The lowest BCUT2D eigenvalue weighted by molar-refractivity contribution is 0.349. The highest BCUT2D eigenvalue weighted by atomic mass is 16.3. The van der Waals surface area contributed by atoms with E-state index in [2.05, 4.69) is 18.3 Å². The number of nitrogens with one attached hydrogen (secondary N) is 1. The van der Waals surface area contributed by atoms with Gasteiger partial charge in [-0.1, -0.05) is 25.8 Å². The lowest BCUT2D eigenvalue weighted by atomic mass is 9.85. The van der Waals surface area contributed by atoms with Crippen LogP contribution in [-0.4, -0.2) is 11.1 Å². The topological polar surface area (TPSA) is 32.3 Å². The van der Waals surface area contributed by atoms with Gasteiger partial charge in [-0.05, 0) is 44.2 Å². The second-order valence-electron chi connectivity index (χ2n) is 5.42. The van der Waals surface area contributed by atoms with Gasteiger partial charge in [-0.15, -0.1) is 0 Å². The smallest absolute Gasteiger partial charge is 0.123 e. The molecule has 0 aliphatic heterocycles. The third-order valence-corrected chi connectivity index (χ3v) is 4.09. The molecule has 0 bridgehead atoms. The van der Waals surface area contributed by atoms with Crippen LogP contribution in [0.25, 0.3) is 0 Å². The molecule has 1 aliphatic rings. The Morgan fingerprint density at radius 2 is 1.88 bits per heavy atom. The molecule has 2 unspecified atom stereocenters. The summed E-state index contributed by atoms with van der Waals surface area (Å²) >= 11 is 0. The molecule has 0 spiro atoms. The van der Waals surface area contributed by atoms with E-state index >= 15 is 0 Å². The molecular formula is C15H23NO. The summed E-state index contributed by atoms with van der Waals surface area (Å²) in [6, 6.07) is 4.63. The number of aryl methyl sites for hydroxylation is 1. The average molecular weight is 233 g/mol. The molecule has 1 aromatic rings. The van der Waals surface area contributed by atoms with E-state index in [4.69, 9.17) is 0 Å². The van der Waals surface area contributed by atoms with Gasteiger partial charge in [0.15, 0.2) is 0 Å². The molecule has 0 radical (unpaired) electrons. The van der Waals surface area contributed by atoms with Crippen LogP contribution in [0.3, 0.4) is 0 Å². The van der Waals surface area contributed by atoms with Crippen LogP contribution in [0.15, 0.2) is 12.1 Å². The van der Waals surface area contributed by atoms with Crippen molar-refractivity contribution in [2.75, 3.05) is 5.32 Å². The lowest BCUT2D eigenvalue weighted by Gasteiger charge is -2.31. The van der Waals surface area contributed by atoms with Gasteiger partial charge in [-0.25, -0.2) is 0 Å². The van der Waals surface area contributed by atoms with Crippen LogP contribution in [0.4, 0.5) is 5.69 Å². The summed E-state index contributed by atoms with van der Waals surface area (Å²) in [7, 11) is 0. The van der Waals surface area contributed by atoms with Crippen LogP contribution in [-0.2, 0) is 0 Å². The van der Waals surface area contributed by atoms with E-state index in [0.717, 1.165) is 22.7 Å². The molecule has 94 valence electrons. The molecule has 0 saturated heterocycles. The maximum Gasteiger partial charge on any atom is 0.123 e. The predicted molar refractivity (Wildman–Crippen MR) is 72.6 cm³/mol. The molecule has 0 heterocycles. The van der Waals surface area contributed by atoms with E-state index in [0.29, 0.717) is 11.8 Å². The van der Waals surface area contributed by atoms with Gasteiger partial charge in [0.25, 0.3) is 0 Å². The average Bonchev–Trinajstić information content (AvgIpc) is 2.32. The van der Waals surface area contributed by atoms with E-state index in [1.54, 1.807) is 0 Å². The third-order valence-electron chi connectivity index (χ3n) is 4.09. The van der Waals surface area contributed by atoms with Gasteiger partial charge in [0.2, 0.25) is 0 Å². The molecule has 2 atom stereocenters. The summed E-state index contributed by atoms with van der Waals surface area (Å²) in [4.78, 5) is 0. The third kappa shape index (κ3) is 2.56. The fourth-order valence-electron chi connectivity index (χ4n) is 2.72. The van der Waals surface area contributed by atoms with Crippen LogP contribution in [0, 0.1) is 19.8 Å². The highest BCUT2D eigenvalue weighted by Crippen LogP contribution is 2.32. The van der Waals surface area contributed by atoms with Crippen LogP contribution in [0.2, 0.25) is 0 Å². The van der Waals surface area contributed by atoms with Gasteiger partial charge in [0.05, 0.1) is 0 Å². The summed E-state index contributed by atoms with van der Waals surface area (Å²) in [5.74, 6) is 1.16. The number of hydrogen-bond acceptors (Lipinski definition) is 2. The van der Waals surface area contributed by atoms with E-state index < -0.39 is 0 Å². The van der Waals surface area contributed by atoms with Crippen molar-refractivity contribution in [1.29, 1.82) is 0 Å². The standard InChI is InChI=1S/C15H23NO/c1-10-6-4-5-7-13(10)16-14-9-8-11(2)15(17)12(14)3/h8-10,13,16-17H,4-7H2,1-3H3. The molecule has 17 heavy (non-hydrogen) atoms. The van der Waals surface area contributed by atoms with Crippen LogP contribution >= 0.6 is 0 Å². The molecule has 1 saturated carbocycles. The second-order valence-corrected chi connectivity index (χ2v) is 5.42. The SMILES string of the molecule is Cc1ccc(NC2CCCCC2C)c(C)c1O. The molecule has 1 fully saturated rings. The van der Waals surface area contributed by atoms with E-state index in [1.807, 2.05) is 19.9 Å². The number of hydrogen-bond donors (Lipinski definition) is 2. The van der Waals surface area contributed by atoms with E-state index in [9.17, 15) is 5.11 Å². The first-order chi connectivity index (χ1) is 8.09. The molecule has 2 N–H and O–H groups in total. The van der Waals surface area contributed by atoms with Crippen molar-refractivity contribution < 1.29 is 5.11 Å². The molecular weight excluding hydrogens is 210 g/mol. The first kappa shape index (κ1) is 12.3. The Morgan fingerprint density at radius 3 is 2.59 bits per heavy atom. The fourth-order valence-corrected chi connectivity index (χ4v) is 2.72. The summed E-state index contributed by atoms with van der Waals surface area (Å²) in [6.45, 7) is 6.24. The Morgan fingerprint density at radius 1 is 1.18 bits per heavy atom. The molecule has 1 aliphatic carbocycles. The van der Waals surface area contributed by atoms with Gasteiger partial charge in [-0.2, -0.15) is 0 Å². The van der Waals surface area contributed by atoms with Gasteiger partial charge < -0.3 is 10.4 Å². The monoisotopic (exact) mass is 233 g/mol. The second kappa shape index (κ2) is 4.99. The summed E-state index contributed by atoms with van der Waals surface area (Å²) in [5.41, 5.74) is 3.01. The van der Waals surface area contributed by atoms with Gasteiger partial charge >= 0.3 is 0 Å². The normalized spacial score (nSPS) is 24.6. The number of rotatable bonds is 2. The first-order valence-electron chi connectivity index (χ1n) is 6.65. The van der Waals surface area contributed by atoms with Crippen molar-refractivity contribution in [2.24, 2.45) is 5.92 Å². The van der Waals surface area contributed by atoms with Crippen LogP contribution < -0.4 is 5.32 Å². The maximum atomic E-state index is 9.94. The number of phenolic OH excluding ortho intramolecular Hbond substituents is 1. The van der Waals surface area contributed by atoms with Crippen molar-refractivity contribution in [1.82, 2.24) is 0 Å². The van der Waals surface area contributed by atoms with Crippen molar-refractivity contribution in [3.8, 4) is 5.75 Å². The highest BCUT2D eigenvalue weighted by molar-refractivity contribution is 5.59. The zero-order chi connectivity index (χ0) is 12.4. The quantitative estimate of drug-likeness (QED) is 0.809. The molecule has 1 aromatic carbocycles. The number of phenols is 1. The van der Waals surface area contributed by atoms with E-state index in [-0.39, 0.29) is 0 Å². The van der Waals surface area contributed by atoms with Crippen molar-refractivity contribution in [2.45, 2.75) is 52.5 Å². The largest absolute Gasteiger partial charge is 0.507 e. The zero-order valence-corrected chi connectivity index (χ0v) is 11.1. The van der Waals surface area contributed by atoms with Crippen molar-refractivity contribution in [3.63, 3.8) is 0 Å². The molecule has 0 aromatic heterocycles. The van der Waals surface area contributed by atoms with Gasteiger partial charge in [0.1, 0.15) is 5.75 Å². The Kier molecular flexibility index (Phi) is 3.60. The highest BCUT2D eigenvalue weighted by Gasteiger charge is 2.21. The Bertz CT molecular complexity index is 400. The molecule has 2 heteroatoms. The predicted octanol–water partition coefficient (Wildman–Crippen LogP) is 4.00. The van der Waals surface area contributed by atoms with E-state index in [1.165, 1.54) is 25.7 Å². The number of anilines is 1. The Hall–Kier alpha value is -1.18. The fraction of sp³-hybridized carbons (Fsp3) is 0.600. The summed E-state index contributed by atoms with van der Waals surface area (Å²) < 4.78 is 0. The van der Waals surface area contributed by atoms with Crippen molar-refractivity contribution in [3.05, 3.63) is 23.3 Å². The van der Waals surface area contributed by atoms with Crippen LogP contribution in [0.1, 0.15) is 43.7 Å². The number of aromatic hydroxyl groups is 1. The minimum absolute atomic E-state index is 0.429. The molecule has 2 rings (SSSR count). The molecule has 0 amide bonds. The lowest BCUT2D eigenvalue weighted by Crippen LogP contribution is -2.30. The summed E-state index contributed by atoms with van der Waals surface area (Å²) in [6.07, 6.45) is 5.24. The Labute approximate surface area is 104 Å². The van der Waals surface area contributed by atoms with Gasteiger partial charge in [0, 0.05) is 17.3 Å². The zero-order valence-electron chi connectivity index (χ0n) is 11.1. The summed E-state index contributed by atoms with van der Waals surface area (Å²) in [5, 5.41) is 13.5. The minimum atomic E-state index is 0.429. The van der Waals surface area contributed by atoms with Gasteiger partial charge in [-0.3, -0.25) is 0 Å². The Balaban J connectivity index is 2.15. The molecule has 2 nitrogen and oxygen atoms in total. The number of benzene rings is 1.